The molecule has 178 valence electrons. The van der Waals surface area contributed by atoms with Crippen LogP contribution in [-0.4, -0.2) is 34.5 Å². The number of amides is 1. The average Bonchev–Trinajstić information content (AvgIpc) is 2.86. The maximum absolute atomic E-state index is 13.1. The van der Waals surface area contributed by atoms with E-state index < -0.39 is 0 Å². The van der Waals surface area contributed by atoms with E-state index in [0.717, 1.165) is 52.4 Å². The lowest BCUT2D eigenvalue weighted by Crippen LogP contribution is -2.48. The van der Waals surface area contributed by atoms with E-state index in [4.69, 9.17) is 17.3 Å². The molecule has 1 aliphatic heterocycles. The van der Waals surface area contributed by atoms with Gasteiger partial charge in [0, 0.05) is 29.1 Å². The Kier molecular flexibility index (Phi) is 6.65. The lowest BCUT2D eigenvalue weighted by atomic mass is 9.91. The van der Waals surface area contributed by atoms with Crippen molar-refractivity contribution in [2.45, 2.75) is 35.2 Å². The second-order valence-corrected chi connectivity index (χ2v) is 10.5. The number of aromatic nitrogens is 2. The standard InChI is InChI=1S/C27H26ClN5OS/c1-27(29)12-14-33(15-13-27)23-16-31-24(17-30-23)35-22-11-5-10-21(25(22)28)32-26(34)20-9-4-7-18-6-2-3-8-19(18)20/h2-11,16-17H,12-15,29H2,1H3,(H,32,34). The summed E-state index contributed by atoms with van der Waals surface area (Å²) in [5.74, 6) is 0.650. The first kappa shape index (κ1) is 23.6. The van der Waals surface area contributed by atoms with Crippen molar-refractivity contribution in [2.75, 3.05) is 23.3 Å². The van der Waals surface area contributed by atoms with Crippen LogP contribution >= 0.6 is 23.4 Å². The van der Waals surface area contributed by atoms with Crippen LogP contribution < -0.4 is 16.0 Å². The van der Waals surface area contributed by atoms with Gasteiger partial charge in [-0.25, -0.2) is 9.97 Å². The molecule has 35 heavy (non-hydrogen) atoms. The smallest absolute Gasteiger partial charge is 0.256 e. The van der Waals surface area contributed by atoms with Crippen molar-refractivity contribution in [2.24, 2.45) is 5.73 Å². The molecular weight excluding hydrogens is 478 g/mol. The predicted molar refractivity (Wildman–Crippen MR) is 144 cm³/mol. The number of nitrogens with one attached hydrogen (secondary N) is 1. The molecule has 8 heteroatoms. The number of benzene rings is 3. The topological polar surface area (TPSA) is 84.1 Å². The van der Waals surface area contributed by atoms with Crippen molar-refractivity contribution in [1.82, 2.24) is 9.97 Å². The molecule has 0 unspecified atom stereocenters. The molecule has 1 aliphatic rings. The summed E-state index contributed by atoms with van der Waals surface area (Å²) in [4.78, 5) is 25.3. The van der Waals surface area contributed by atoms with Crippen LogP contribution in [0.5, 0.6) is 0 Å². The van der Waals surface area contributed by atoms with Crippen LogP contribution in [0.25, 0.3) is 10.8 Å². The number of rotatable bonds is 5. The Labute approximate surface area is 213 Å². The highest BCUT2D eigenvalue weighted by Gasteiger charge is 2.26. The van der Waals surface area contributed by atoms with Gasteiger partial charge in [-0.05, 0) is 48.7 Å². The van der Waals surface area contributed by atoms with E-state index in [9.17, 15) is 4.79 Å². The molecule has 4 aromatic rings. The van der Waals surface area contributed by atoms with Crippen molar-refractivity contribution in [1.29, 1.82) is 0 Å². The number of hydrogen-bond acceptors (Lipinski definition) is 6. The van der Waals surface area contributed by atoms with Crippen LogP contribution in [0.1, 0.15) is 30.1 Å². The van der Waals surface area contributed by atoms with E-state index in [1.165, 1.54) is 11.8 Å². The maximum Gasteiger partial charge on any atom is 0.256 e. The van der Waals surface area contributed by atoms with Crippen molar-refractivity contribution < 1.29 is 4.79 Å². The zero-order chi connectivity index (χ0) is 24.4. The SMILES string of the molecule is CC1(N)CCN(c2cnc(Sc3cccc(NC(=O)c4cccc5ccccc45)c3Cl)cn2)CC1. The van der Waals surface area contributed by atoms with Gasteiger partial charge in [0.25, 0.3) is 5.91 Å². The highest BCUT2D eigenvalue weighted by atomic mass is 35.5. The van der Waals surface area contributed by atoms with Crippen molar-refractivity contribution in [3.05, 3.63) is 83.6 Å². The monoisotopic (exact) mass is 503 g/mol. The van der Waals surface area contributed by atoms with E-state index in [1.54, 1.807) is 18.5 Å². The highest BCUT2D eigenvalue weighted by Crippen LogP contribution is 2.37. The van der Waals surface area contributed by atoms with Crippen molar-refractivity contribution in [3.8, 4) is 0 Å². The van der Waals surface area contributed by atoms with E-state index >= 15 is 0 Å². The number of carbonyl (C=O) groups excluding carboxylic acids is 1. The summed E-state index contributed by atoms with van der Waals surface area (Å²) in [5, 5.41) is 6.08. The quantitative estimate of drug-likeness (QED) is 0.347. The minimum absolute atomic E-state index is 0.107. The molecule has 3 aromatic carbocycles. The van der Waals surface area contributed by atoms with Gasteiger partial charge in [0.1, 0.15) is 10.8 Å². The van der Waals surface area contributed by atoms with Gasteiger partial charge in [-0.15, -0.1) is 0 Å². The third kappa shape index (κ3) is 5.27. The molecule has 0 atom stereocenters. The molecule has 0 bridgehead atoms. The molecular formula is C27H26ClN5OS. The Morgan fingerprint density at radius 2 is 1.77 bits per heavy atom. The Bertz CT molecular complexity index is 1360. The van der Waals surface area contributed by atoms with Crippen LogP contribution in [0.15, 0.2) is 83.0 Å². The number of halogens is 1. The number of nitrogens with zero attached hydrogens (tertiary/aromatic N) is 3. The van der Waals surface area contributed by atoms with Crippen LogP contribution in [0.3, 0.4) is 0 Å². The van der Waals surface area contributed by atoms with Gasteiger partial charge in [0.05, 0.1) is 23.1 Å². The van der Waals surface area contributed by atoms with E-state index in [1.807, 2.05) is 54.6 Å². The van der Waals surface area contributed by atoms with E-state index in [2.05, 4.69) is 27.1 Å². The second kappa shape index (κ2) is 9.85. The highest BCUT2D eigenvalue weighted by molar-refractivity contribution is 7.99. The summed E-state index contributed by atoms with van der Waals surface area (Å²) in [6.45, 7) is 3.84. The Morgan fingerprint density at radius 3 is 2.54 bits per heavy atom. The number of piperidine rings is 1. The molecule has 0 aliphatic carbocycles. The zero-order valence-electron chi connectivity index (χ0n) is 19.4. The largest absolute Gasteiger partial charge is 0.355 e. The first-order valence-corrected chi connectivity index (χ1v) is 12.7. The fraction of sp³-hybridized carbons (Fsp3) is 0.222. The van der Waals surface area contributed by atoms with Gasteiger partial charge >= 0.3 is 0 Å². The van der Waals surface area contributed by atoms with Crippen LogP contribution in [0.2, 0.25) is 5.02 Å². The Hall–Kier alpha value is -3.13. The molecule has 1 saturated heterocycles. The molecule has 5 rings (SSSR count). The summed E-state index contributed by atoms with van der Waals surface area (Å²) < 4.78 is 0. The summed E-state index contributed by atoms with van der Waals surface area (Å²) in [7, 11) is 0. The molecule has 1 fully saturated rings. The van der Waals surface area contributed by atoms with E-state index in [0.29, 0.717) is 16.3 Å². The van der Waals surface area contributed by atoms with Gasteiger partial charge in [-0.3, -0.25) is 4.79 Å². The number of anilines is 2. The first-order chi connectivity index (χ1) is 16.9. The van der Waals surface area contributed by atoms with Crippen molar-refractivity contribution in [3.63, 3.8) is 0 Å². The molecule has 2 heterocycles. The van der Waals surface area contributed by atoms with E-state index in [-0.39, 0.29) is 11.4 Å². The molecule has 0 saturated carbocycles. The Balaban J connectivity index is 1.30. The fourth-order valence-corrected chi connectivity index (χ4v) is 5.26. The molecule has 6 nitrogen and oxygen atoms in total. The minimum Gasteiger partial charge on any atom is -0.355 e. The lowest BCUT2D eigenvalue weighted by Gasteiger charge is -2.37. The molecule has 3 N–H and O–H groups in total. The summed E-state index contributed by atoms with van der Waals surface area (Å²) in [6.07, 6.45) is 5.41. The molecule has 0 radical (unpaired) electrons. The predicted octanol–water partition coefficient (Wildman–Crippen LogP) is 6.00. The third-order valence-corrected chi connectivity index (χ3v) is 7.80. The van der Waals surface area contributed by atoms with Gasteiger partial charge in [-0.1, -0.05) is 65.8 Å². The Morgan fingerprint density at radius 1 is 1.03 bits per heavy atom. The number of fused-ring (bicyclic) bond motifs is 1. The normalized spacial score (nSPS) is 15.2. The fourth-order valence-electron chi connectivity index (χ4n) is 4.18. The second-order valence-electron chi connectivity index (χ2n) is 9.05. The van der Waals surface area contributed by atoms with Crippen molar-refractivity contribution >= 4 is 51.5 Å². The van der Waals surface area contributed by atoms with Gasteiger partial charge < -0.3 is 16.0 Å². The van der Waals surface area contributed by atoms with Gasteiger partial charge in [0.2, 0.25) is 0 Å². The molecule has 1 aromatic heterocycles. The minimum atomic E-state index is -0.204. The lowest BCUT2D eigenvalue weighted by molar-refractivity contribution is 0.102. The first-order valence-electron chi connectivity index (χ1n) is 11.5. The van der Waals surface area contributed by atoms with Crippen LogP contribution in [0.4, 0.5) is 11.5 Å². The summed E-state index contributed by atoms with van der Waals surface area (Å²) >= 11 is 8.10. The average molecular weight is 504 g/mol. The number of hydrogen-bond donors (Lipinski definition) is 2. The zero-order valence-corrected chi connectivity index (χ0v) is 20.9. The van der Waals surface area contributed by atoms with Gasteiger partial charge in [-0.2, -0.15) is 0 Å². The summed E-state index contributed by atoms with van der Waals surface area (Å²) in [6, 6.07) is 19.1. The molecule has 0 spiro atoms. The number of carbonyl (C=O) groups is 1. The molecule has 1 amide bonds. The van der Waals surface area contributed by atoms with Gasteiger partial charge in [0.15, 0.2) is 0 Å². The van der Waals surface area contributed by atoms with Crippen LogP contribution in [-0.2, 0) is 0 Å². The van der Waals surface area contributed by atoms with Crippen LogP contribution in [0, 0.1) is 0 Å². The maximum atomic E-state index is 13.1. The third-order valence-electron chi connectivity index (χ3n) is 6.30. The summed E-state index contributed by atoms with van der Waals surface area (Å²) in [5.41, 5.74) is 7.29. The number of nitrogens with two attached hydrogens (primary N) is 1.